The molecule has 5 nitrogen and oxygen atoms in total. The van der Waals surface area contributed by atoms with Crippen LogP contribution in [0.1, 0.15) is 220 Å². The van der Waals surface area contributed by atoms with Crippen LogP contribution >= 0.6 is 0 Å². The van der Waals surface area contributed by atoms with Crippen LogP contribution in [0.2, 0.25) is 0 Å². The molecule has 0 spiro atoms. The van der Waals surface area contributed by atoms with E-state index in [-0.39, 0.29) is 25.2 Å². The number of hydrogen-bond donors (Lipinski definition) is 1. The van der Waals surface area contributed by atoms with E-state index < -0.39 is 6.10 Å². The van der Waals surface area contributed by atoms with Crippen LogP contribution in [0.15, 0.2) is 0 Å². The molecule has 0 rings (SSSR count). The number of ether oxygens (including phenoxy) is 2. The van der Waals surface area contributed by atoms with Crippen LogP contribution in [0.3, 0.4) is 0 Å². The summed E-state index contributed by atoms with van der Waals surface area (Å²) in [5.41, 5.74) is 0. The van der Waals surface area contributed by atoms with Gasteiger partial charge in [-0.3, -0.25) is 9.59 Å². The van der Waals surface area contributed by atoms with Gasteiger partial charge in [-0.2, -0.15) is 0 Å². The van der Waals surface area contributed by atoms with Gasteiger partial charge in [-0.05, 0) is 18.8 Å². The van der Waals surface area contributed by atoms with Crippen LogP contribution in [0.5, 0.6) is 0 Å². The summed E-state index contributed by atoms with van der Waals surface area (Å²) < 4.78 is 10.6. The Morgan fingerprint density at radius 2 is 0.822 bits per heavy atom. The van der Waals surface area contributed by atoms with E-state index in [4.69, 9.17) is 9.47 Å². The fourth-order valence-corrected chi connectivity index (χ4v) is 6.03. The average Bonchev–Trinajstić information content (AvgIpc) is 3.02. The second kappa shape index (κ2) is 35.7. The molecule has 0 aromatic heterocycles. The second-order valence-corrected chi connectivity index (χ2v) is 14.2. The molecule has 0 fully saturated rings. The molecule has 0 aliphatic rings. The van der Waals surface area contributed by atoms with Crippen LogP contribution in [0.25, 0.3) is 0 Å². The molecule has 0 saturated heterocycles. The van der Waals surface area contributed by atoms with Gasteiger partial charge >= 0.3 is 11.9 Å². The third-order valence-electron chi connectivity index (χ3n) is 9.08. The third-order valence-corrected chi connectivity index (χ3v) is 9.08. The maximum atomic E-state index is 12.2. The lowest BCUT2D eigenvalue weighted by Crippen LogP contribution is -2.28. The summed E-state index contributed by atoms with van der Waals surface area (Å²) in [6.45, 7) is 6.51. The smallest absolute Gasteiger partial charge is 0.306 e. The van der Waals surface area contributed by atoms with E-state index >= 15 is 0 Å². The lowest BCUT2D eigenvalue weighted by Gasteiger charge is -2.15. The van der Waals surface area contributed by atoms with E-state index in [1.165, 1.54) is 148 Å². The Bertz CT molecular complexity index is 620. The van der Waals surface area contributed by atoms with Gasteiger partial charge in [0.15, 0.2) is 6.10 Å². The first-order valence-electron chi connectivity index (χ1n) is 20.0. The maximum absolute atomic E-state index is 12.2. The molecule has 45 heavy (non-hydrogen) atoms. The predicted molar refractivity (Wildman–Crippen MR) is 192 cm³/mol. The van der Waals surface area contributed by atoms with Gasteiger partial charge in [0, 0.05) is 12.8 Å². The van der Waals surface area contributed by atoms with Crippen molar-refractivity contribution in [3.05, 3.63) is 0 Å². The number of unbranched alkanes of at least 4 members (excludes halogenated alkanes) is 26. The van der Waals surface area contributed by atoms with Gasteiger partial charge in [-0.15, -0.1) is 0 Å². The highest BCUT2D eigenvalue weighted by Crippen LogP contribution is 2.16. The highest BCUT2D eigenvalue weighted by molar-refractivity contribution is 5.70. The van der Waals surface area contributed by atoms with Gasteiger partial charge in [0.2, 0.25) is 0 Å². The first kappa shape index (κ1) is 43.9. The van der Waals surface area contributed by atoms with Crippen molar-refractivity contribution in [1.29, 1.82) is 0 Å². The zero-order valence-corrected chi connectivity index (χ0v) is 30.6. The molecule has 0 bridgehead atoms. The molecular formula is C40H78O5. The van der Waals surface area contributed by atoms with Crippen molar-refractivity contribution in [1.82, 2.24) is 0 Å². The third kappa shape index (κ3) is 35.6. The molecule has 0 unspecified atom stereocenters. The summed E-state index contributed by atoms with van der Waals surface area (Å²) in [4.78, 5) is 24.2. The topological polar surface area (TPSA) is 72.8 Å². The van der Waals surface area contributed by atoms with Gasteiger partial charge in [0.05, 0.1) is 6.61 Å². The fraction of sp³-hybridized carbons (Fsp3) is 0.950. The first-order chi connectivity index (χ1) is 22.0. The number of carbonyl (C=O) groups is 2. The van der Waals surface area contributed by atoms with Crippen molar-refractivity contribution in [2.45, 2.75) is 226 Å². The van der Waals surface area contributed by atoms with Gasteiger partial charge in [-0.1, -0.05) is 194 Å². The van der Waals surface area contributed by atoms with E-state index in [0.717, 1.165) is 44.4 Å². The van der Waals surface area contributed by atoms with E-state index in [0.29, 0.717) is 12.8 Å². The number of hydrogen-bond acceptors (Lipinski definition) is 5. The normalized spacial score (nSPS) is 12.1. The monoisotopic (exact) mass is 639 g/mol. The van der Waals surface area contributed by atoms with Gasteiger partial charge in [-0.25, -0.2) is 0 Å². The highest BCUT2D eigenvalue weighted by Gasteiger charge is 2.16. The van der Waals surface area contributed by atoms with Crippen molar-refractivity contribution in [3.8, 4) is 0 Å². The molecule has 1 N–H and O–H groups in total. The summed E-state index contributed by atoms with van der Waals surface area (Å²) in [6.07, 6.45) is 37.4. The predicted octanol–water partition coefficient (Wildman–Crippen LogP) is 12.2. The quantitative estimate of drug-likeness (QED) is 0.0546. The number of rotatable bonds is 36. The SMILES string of the molecule is CCCCCCCCCCCCC(=O)OC[C@H](CO)OC(=O)CCCCCCCCCCCCCCCCCCCCC(C)C. The zero-order chi connectivity index (χ0) is 33.1. The summed E-state index contributed by atoms with van der Waals surface area (Å²) in [7, 11) is 0. The van der Waals surface area contributed by atoms with Crippen molar-refractivity contribution in [2.24, 2.45) is 5.92 Å². The molecule has 0 aliphatic carbocycles. The standard InChI is InChI=1S/C40H78O5/c1-4-5-6-7-8-9-21-24-27-30-33-39(42)44-36-38(35-41)45-40(43)34-31-28-25-22-19-17-15-13-11-10-12-14-16-18-20-23-26-29-32-37(2)3/h37-38,41H,4-36H2,1-3H3/t38-/m0/s1. The number of carbonyl (C=O) groups excluding carboxylic acids is 2. The Morgan fingerprint density at radius 1 is 0.489 bits per heavy atom. The van der Waals surface area contributed by atoms with Crippen molar-refractivity contribution >= 4 is 11.9 Å². The summed E-state index contributed by atoms with van der Waals surface area (Å²) >= 11 is 0. The number of aliphatic hydroxyl groups is 1. The fourth-order valence-electron chi connectivity index (χ4n) is 6.03. The lowest BCUT2D eigenvalue weighted by atomic mass is 10.0. The Kier molecular flexibility index (Phi) is 34.9. The van der Waals surface area contributed by atoms with E-state index in [1.54, 1.807) is 0 Å². The molecule has 0 aliphatic heterocycles. The first-order valence-corrected chi connectivity index (χ1v) is 20.0. The summed E-state index contributed by atoms with van der Waals surface area (Å²) in [6, 6.07) is 0. The molecule has 0 aromatic carbocycles. The van der Waals surface area contributed by atoms with E-state index in [1.807, 2.05) is 0 Å². The Morgan fingerprint density at radius 3 is 1.18 bits per heavy atom. The van der Waals surface area contributed by atoms with Gasteiger partial charge in [0.1, 0.15) is 6.61 Å². The van der Waals surface area contributed by atoms with Gasteiger partial charge < -0.3 is 14.6 Å². The largest absolute Gasteiger partial charge is 0.462 e. The van der Waals surface area contributed by atoms with Crippen molar-refractivity contribution in [2.75, 3.05) is 13.2 Å². The minimum Gasteiger partial charge on any atom is -0.462 e. The van der Waals surface area contributed by atoms with Crippen LogP contribution in [0.4, 0.5) is 0 Å². The molecule has 268 valence electrons. The molecule has 0 amide bonds. The number of esters is 2. The van der Waals surface area contributed by atoms with Crippen LogP contribution < -0.4 is 0 Å². The maximum Gasteiger partial charge on any atom is 0.306 e. The van der Waals surface area contributed by atoms with Crippen molar-refractivity contribution < 1.29 is 24.2 Å². The second-order valence-electron chi connectivity index (χ2n) is 14.2. The molecular weight excluding hydrogens is 560 g/mol. The van der Waals surface area contributed by atoms with Crippen molar-refractivity contribution in [3.63, 3.8) is 0 Å². The summed E-state index contributed by atoms with van der Waals surface area (Å²) in [5, 5.41) is 9.53. The Labute approximate surface area is 280 Å². The molecule has 0 aromatic rings. The Balaban J connectivity index is 3.45. The van der Waals surface area contributed by atoms with Crippen LogP contribution in [-0.4, -0.2) is 36.4 Å². The van der Waals surface area contributed by atoms with Crippen LogP contribution in [0, 0.1) is 5.92 Å². The van der Waals surface area contributed by atoms with E-state index in [2.05, 4.69) is 20.8 Å². The molecule has 0 radical (unpaired) electrons. The minimum absolute atomic E-state index is 0.0579. The number of aliphatic hydroxyl groups excluding tert-OH is 1. The van der Waals surface area contributed by atoms with Gasteiger partial charge in [0.25, 0.3) is 0 Å². The van der Waals surface area contributed by atoms with E-state index in [9.17, 15) is 14.7 Å². The zero-order valence-electron chi connectivity index (χ0n) is 30.6. The highest BCUT2D eigenvalue weighted by atomic mass is 16.6. The molecule has 0 saturated carbocycles. The molecule has 0 heterocycles. The Hall–Kier alpha value is -1.10. The molecule has 5 heteroatoms. The average molecular weight is 639 g/mol. The lowest BCUT2D eigenvalue weighted by molar-refractivity contribution is -0.161. The van der Waals surface area contributed by atoms with Crippen LogP contribution in [-0.2, 0) is 19.1 Å². The summed E-state index contributed by atoms with van der Waals surface area (Å²) in [5.74, 6) is 0.285. The minimum atomic E-state index is -0.761. The molecule has 1 atom stereocenters.